The Morgan fingerprint density at radius 1 is 1.45 bits per heavy atom. The number of amides is 1. The Balaban J connectivity index is 1.68. The van der Waals surface area contributed by atoms with Crippen molar-refractivity contribution < 1.29 is 14.4 Å². The lowest BCUT2D eigenvalue weighted by molar-refractivity contribution is 0.0368. The molecule has 5 heteroatoms. The van der Waals surface area contributed by atoms with E-state index in [-0.39, 0.29) is 24.1 Å². The van der Waals surface area contributed by atoms with Gasteiger partial charge >= 0.3 is 0 Å². The lowest BCUT2D eigenvalue weighted by Crippen LogP contribution is -2.39. The van der Waals surface area contributed by atoms with Gasteiger partial charge in [-0.15, -0.1) is 0 Å². The highest BCUT2D eigenvalue weighted by molar-refractivity contribution is 5.92. The first-order valence-corrected chi connectivity index (χ1v) is 7.55. The van der Waals surface area contributed by atoms with E-state index in [1.54, 1.807) is 6.07 Å². The molecule has 1 unspecified atom stereocenters. The smallest absolute Gasteiger partial charge is 0.273 e. The average Bonchev–Trinajstić information content (AvgIpc) is 3.12. The molecule has 1 heterocycles. The number of aryl methyl sites for hydroxylation is 1. The normalized spacial score (nSPS) is 20.2. The maximum Gasteiger partial charge on any atom is 0.273 e. The van der Waals surface area contributed by atoms with E-state index in [1.165, 1.54) is 0 Å². The van der Waals surface area contributed by atoms with E-state index in [0.29, 0.717) is 12.2 Å². The van der Waals surface area contributed by atoms with Gasteiger partial charge in [-0.2, -0.15) is 0 Å². The zero-order valence-electron chi connectivity index (χ0n) is 12.8. The number of fused-ring (bicyclic) bond motifs is 1. The topological polar surface area (TPSA) is 75.4 Å². The number of aliphatic hydroxyl groups is 1. The van der Waals surface area contributed by atoms with Crippen LogP contribution in [-0.2, 0) is 12.0 Å². The molecule has 1 atom stereocenters. The van der Waals surface area contributed by atoms with Gasteiger partial charge in [-0.25, -0.2) is 0 Å². The van der Waals surface area contributed by atoms with Gasteiger partial charge in [-0.3, -0.25) is 4.79 Å². The van der Waals surface area contributed by atoms with Gasteiger partial charge in [0.2, 0.25) is 0 Å². The fourth-order valence-electron chi connectivity index (χ4n) is 2.84. The van der Waals surface area contributed by atoms with Crippen molar-refractivity contribution in [2.45, 2.75) is 38.2 Å². The van der Waals surface area contributed by atoms with E-state index in [2.05, 4.69) is 10.5 Å². The van der Waals surface area contributed by atoms with Crippen LogP contribution in [0.15, 0.2) is 34.9 Å². The number of hydrogen-bond donors (Lipinski definition) is 2. The number of nitrogens with zero attached hydrogens (tertiary/aromatic N) is 1. The van der Waals surface area contributed by atoms with Gasteiger partial charge in [0, 0.05) is 12.0 Å². The minimum Gasteiger partial charge on any atom is -0.383 e. The molecule has 0 saturated heterocycles. The molecule has 1 aromatic carbocycles. The minimum absolute atomic E-state index is 0.173. The predicted molar refractivity (Wildman–Crippen MR) is 81.6 cm³/mol. The summed E-state index contributed by atoms with van der Waals surface area (Å²) in [7, 11) is 0. The molecule has 5 nitrogen and oxygen atoms in total. The zero-order chi connectivity index (χ0) is 15.7. The SMILES string of the molecule is CC(C)c1cc(C(=O)NCC2(O)CCc3ccccc32)no1. The molecule has 2 N–H and O–H groups in total. The zero-order valence-corrected chi connectivity index (χ0v) is 12.8. The molecule has 0 aliphatic heterocycles. The van der Waals surface area contributed by atoms with Crippen molar-refractivity contribution in [2.75, 3.05) is 6.54 Å². The number of carbonyl (C=O) groups is 1. The van der Waals surface area contributed by atoms with Crippen molar-refractivity contribution in [1.82, 2.24) is 10.5 Å². The number of rotatable bonds is 4. The summed E-state index contributed by atoms with van der Waals surface area (Å²) in [6.07, 6.45) is 1.44. The van der Waals surface area contributed by atoms with Crippen LogP contribution in [0.2, 0.25) is 0 Å². The fourth-order valence-corrected chi connectivity index (χ4v) is 2.84. The van der Waals surface area contributed by atoms with Gasteiger partial charge in [0.25, 0.3) is 5.91 Å². The number of carbonyl (C=O) groups excluding carboxylic acids is 1. The van der Waals surface area contributed by atoms with Crippen LogP contribution in [0.1, 0.15) is 53.6 Å². The van der Waals surface area contributed by atoms with Gasteiger partial charge in [-0.05, 0) is 24.0 Å². The molecule has 1 aliphatic rings. The van der Waals surface area contributed by atoms with Crippen LogP contribution in [0.3, 0.4) is 0 Å². The second-order valence-electron chi connectivity index (χ2n) is 6.14. The predicted octanol–water partition coefficient (Wildman–Crippen LogP) is 2.36. The molecule has 0 bridgehead atoms. The summed E-state index contributed by atoms with van der Waals surface area (Å²) in [5, 5.41) is 17.3. The van der Waals surface area contributed by atoms with Crippen LogP contribution in [0.4, 0.5) is 0 Å². The summed E-state index contributed by atoms with van der Waals surface area (Å²) in [5.41, 5.74) is 1.29. The van der Waals surface area contributed by atoms with E-state index in [1.807, 2.05) is 38.1 Å². The lowest BCUT2D eigenvalue weighted by atomic mass is 9.96. The van der Waals surface area contributed by atoms with Crippen LogP contribution in [0, 0.1) is 0 Å². The summed E-state index contributed by atoms with van der Waals surface area (Å²) in [6.45, 7) is 4.12. The Kier molecular flexibility index (Phi) is 3.74. The molecule has 1 amide bonds. The van der Waals surface area contributed by atoms with E-state index in [0.717, 1.165) is 17.5 Å². The van der Waals surface area contributed by atoms with Crippen molar-refractivity contribution in [1.29, 1.82) is 0 Å². The molecule has 1 aromatic heterocycles. The van der Waals surface area contributed by atoms with E-state index in [4.69, 9.17) is 4.52 Å². The van der Waals surface area contributed by atoms with Gasteiger partial charge < -0.3 is 14.9 Å². The third-order valence-electron chi connectivity index (χ3n) is 4.20. The first-order valence-electron chi connectivity index (χ1n) is 7.55. The monoisotopic (exact) mass is 300 g/mol. The average molecular weight is 300 g/mol. The van der Waals surface area contributed by atoms with Gasteiger partial charge in [0.15, 0.2) is 5.69 Å². The summed E-state index contributed by atoms with van der Waals surface area (Å²) in [5.74, 6) is 0.531. The summed E-state index contributed by atoms with van der Waals surface area (Å²) >= 11 is 0. The maximum atomic E-state index is 12.1. The molecule has 1 aliphatic carbocycles. The van der Waals surface area contributed by atoms with Gasteiger partial charge in [-0.1, -0.05) is 43.3 Å². The number of benzene rings is 1. The minimum atomic E-state index is -1.00. The molecular formula is C17H20N2O3. The summed E-state index contributed by atoms with van der Waals surface area (Å²) in [6, 6.07) is 9.45. The molecule has 116 valence electrons. The van der Waals surface area contributed by atoms with Gasteiger partial charge in [0.05, 0.1) is 6.54 Å². The Bertz CT molecular complexity index is 693. The van der Waals surface area contributed by atoms with E-state index >= 15 is 0 Å². The first-order chi connectivity index (χ1) is 10.5. The molecule has 0 saturated carbocycles. The fraction of sp³-hybridized carbons (Fsp3) is 0.412. The Labute approximate surface area is 129 Å². The van der Waals surface area contributed by atoms with Crippen LogP contribution >= 0.6 is 0 Å². The van der Waals surface area contributed by atoms with Crippen molar-refractivity contribution in [3.8, 4) is 0 Å². The van der Waals surface area contributed by atoms with Crippen LogP contribution in [0.5, 0.6) is 0 Å². The summed E-state index contributed by atoms with van der Waals surface area (Å²) in [4.78, 5) is 12.1. The largest absolute Gasteiger partial charge is 0.383 e. The van der Waals surface area contributed by atoms with Crippen molar-refractivity contribution in [2.24, 2.45) is 0 Å². The highest BCUT2D eigenvalue weighted by Gasteiger charge is 2.36. The Morgan fingerprint density at radius 2 is 2.23 bits per heavy atom. The summed E-state index contributed by atoms with van der Waals surface area (Å²) < 4.78 is 5.13. The molecule has 0 fully saturated rings. The maximum absolute atomic E-state index is 12.1. The van der Waals surface area contributed by atoms with Crippen LogP contribution < -0.4 is 5.32 Å². The highest BCUT2D eigenvalue weighted by atomic mass is 16.5. The molecule has 0 spiro atoms. The second-order valence-corrected chi connectivity index (χ2v) is 6.14. The quantitative estimate of drug-likeness (QED) is 0.909. The number of hydrogen-bond acceptors (Lipinski definition) is 4. The van der Waals surface area contributed by atoms with E-state index in [9.17, 15) is 9.90 Å². The Hall–Kier alpha value is -2.14. The van der Waals surface area contributed by atoms with Gasteiger partial charge in [0.1, 0.15) is 11.4 Å². The third kappa shape index (κ3) is 2.64. The Morgan fingerprint density at radius 3 is 2.95 bits per heavy atom. The number of nitrogens with one attached hydrogen (secondary N) is 1. The lowest BCUT2D eigenvalue weighted by Gasteiger charge is -2.24. The van der Waals surface area contributed by atoms with Crippen molar-refractivity contribution in [3.05, 3.63) is 52.9 Å². The molecule has 22 heavy (non-hydrogen) atoms. The highest BCUT2D eigenvalue weighted by Crippen LogP contribution is 2.36. The van der Waals surface area contributed by atoms with Crippen LogP contribution in [-0.4, -0.2) is 22.7 Å². The molecule has 2 aromatic rings. The molecular weight excluding hydrogens is 280 g/mol. The van der Waals surface area contributed by atoms with Crippen molar-refractivity contribution >= 4 is 5.91 Å². The second kappa shape index (κ2) is 5.57. The molecule has 3 rings (SSSR count). The van der Waals surface area contributed by atoms with Crippen LogP contribution in [0.25, 0.3) is 0 Å². The third-order valence-corrected chi connectivity index (χ3v) is 4.20. The first kappa shape index (κ1) is 14.8. The van der Waals surface area contributed by atoms with Crippen molar-refractivity contribution in [3.63, 3.8) is 0 Å². The number of aromatic nitrogens is 1. The van der Waals surface area contributed by atoms with E-state index < -0.39 is 5.60 Å². The standard InChI is InChI=1S/C17H20N2O3/c1-11(2)15-9-14(19-22-15)16(20)18-10-17(21)8-7-12-5-3-4-6-13(12)17/h3-6,9,11,21H,7-8,10H2,1-2H3,(H,18,20). The molecule has 0 radical (unpaired) electrons.